The summed E-state index contributed by atoms with van der Waals surface area (Å²) in [5, 5.41) is 9.98. The van der Waals surface area contributed by atoms with Crippen LogP contribution in [0.25, 0.3) is 0 Å². The van der Waals surface area contributed by atoms with Crippen LogP contribution < -0.4 is 5.32 Å². The van der Waals surface area contributed by atoms with Gasteiger partial charge in [-0.2, -0.15) is 0 Å². The van der Waals surface area contributed by atoms with Crippen molar-refractivity contribution in [3.05, 3.63) is 48.1 Å². The number of aromatic nitrogens is 3. The summed E-state index contributed by atoms with van der Waals surface area (Å²) in [6.45, 7) is 7.47. The van der Waals surface area contributed by atoms with Crippen LogP contribution in [-0.2, 0) is 11.3 Å². The summed E-state index contributed by atoms with van der Waals surface area (Å²) in [6, 6.07) is 1.71. The summed E-state index contributed by atoms with van der Waals surface area (Å²) in [6.07, 6.45) is 1.67. The second kappa shape index (κ2) is 7.52. The predicted molar refractivity (Wildman–Crippen MR) is 85.2 cm³/mol. The molecule has 0 saturated heterocycles. The number of anilines is 1. The number of allylic oxidation sites excluding steroid dienone is 1. The first-order chi connectivity index (χ1) is 11.3. The molecule has 0 spiro atoms. The van der Waals surface area contributed by atoms with E-state index in [2.05, 4.69) is 22.1 Å². The third kappa shape index (κ3) is 3.78. The highest BCUT2D eigenvalue weighted by Crippen LogP contribution is 2.25. The first-order valence-corrected chi connectivity index (χ1v) is 7.84. The Morgan fingerprint density at radius 2 is 2.08 bits per heavy atom. The second-order valence-corrected chi connectivity index (χ2v) is 6.21. The molecule has 0 radical (unpaired) electrons. The van der Waals surface area contributed by atoms with Gasteiger partial charge in [0.2, 0.25) is 5.91 Å². The molecule has 1 N–H and O–H groups in total. The maximum absolute atomic E-state index is 13.6. The lowest BCUT2D eigenvalue weighted by atomic mass is 10.2. The van der Waals surface area contributed by atoms with E-state index < -0.39 is 34.3 Å². The SMILES string of the molecule is C=CCn1c(C)nnc1S[C@@H](C)C(=O)Nc1ccc(F)c(F)c1F. The van der Waals surface area contributed by atoms with Gasteiger partial charge in [0.25, 0.3) is 0 Å². The molecule has 0 aliphatic heterocycles. The molecule has 1 aromatic carbocycles. The van der Waals surface area contributed by atoms with Crippen LogP contribution in [0.1, 0.15) is 12.7 Å². The first kappa shape index (κ1) is 18.1. The molecule has 2 rings (SSSR count). The Morgan fingerprint density at radius 3 is 2.75 bits per heavy atom. The molecule has 0 bridgehead atoms. The molecule has 128 valence electrons. The van der Waals surface area contributed by atoms with Crippen molar-refractivity contribution in [1.82, 2.24) is 14.8 Å². The summed E-state index contributed by atoms with van der Waals surface area (Å²) in [5.41, 5.74) is -0.421. The minimum absolute atomic E-state index is 0.421. The zero-order valence-electron chi connectivity index (χ0n) is 13.0. The summed E-state index contributed by atoms with van der Waals surface area (Å²) in [4.78, 5) is 12.1. The number of hydrogen-bond donors (Lipinski definition) is 1. The number of carbonyl (C=O) groups is 1. The van der Waals surface area contributed by atoms with Crippen molar-refractivity contribution in [2.45, 2.75) is 30.8 Å². The smallest absolute Gasteiger partial charge is 0.237 e. The van der Waals surface area contributed by atoms with E-state index in [4.69, 9.17) is 0 Å². The fourth-order valence-electron chi connectivity index (χ4n) is 1.86. The molecule has 1 aromatic heterocycles. The Hall–Kier alpha value is -2.29. The van der Waals surface area contributed by atoms with Crippen LogP contribution in [0.15, 0.2) is 29.9 Å². The molecule has 1 heterocycles. The first-order valence-electron chi connectivity index (χ1n) is 6.96. The molecule has 24 heavy (non-hydrogen) atoms. The third-order valence-electron chi connectivity index (χ3n) is 3.16. The molecule has 0 unspecified atom stereocenters. The number of aryl methyl sites for hydroxylation is 1. The van der Waals surface area contributed by atoms with Gasteiger partial charge < -0.3 is 9.88 Å². The zero-order valence-corrected chi connectivity index (χ0v) is 13.8. The fourth-order valence-corrected chi connectivity index (χ4v) is 2.76. The van der Waals surface area contributed by atoms with E-state index >= 15 is 0 Å². The molecule has 0 fully saturated rings. The maximum atomic E-state index is 13.6. The Balaban J connectivity index is 2.11. The van der Waals surface area contributed by atoms with Crippen LogP contribution in [0.3, 0.4) is 0 Å². The van der Waals surface area contributed by atoms with E-state index in [1.165, 1.54) is 0 Å². The van der Waals surface area contributed by atoms with Gasteiger partial charge in [0.1, 0.15) is 5.82 Å². The van der Waals surface area contributed by atoms with E-state index in [9.17, 15) is 18.0 Å². The summed E-state index contributed by atoms with van der Waals surface area (Å²) >= 11 is 1.11. The largest absolute Gasteiger partial charge is 0.323 e. The molecular weight excluding hydrogens is 341 g/mol. The number of benzene rings is 1. The topological polar surface area (TPSA) is 59.8 Å². The van der Waals surface area contributed by atoms with E-state index in [0.29, 0.717) is 17.5 Å². The molecule has 0 saturated carbocycles. The van der Waals surface area contributed by atoms with Crippen molar-refractivity contribution in [2.24, 2.45) is 0 Å². The standard InChI is InChI=1S/C15H15F3N4OS/c1-4-7-22-9(3)20-21-15(22)24-8(2)14(23)19-11-6-5-10(16)12(17)13(11)18/h4-6,8H,1,7H2,2-3H3,(H,19,23)/t8-/m0/s1. The molecule has 0 aliphatic rings. The molecule has 2 aromatic rings. The van der Waals surface area contributed by atoms with Crippen LogP contribution in [0.2, 0.25) is 0 Å². The highest BCUT2D eigenvalue weighted by atomic mass is 32.2. The number of halogens is 3. The fraction of sp³-hybridized carbons (Fsp3) is 0.267. The highest BCUT2D eigenvalue weighted by molar-refractivity contribution is 8.00. The predicted octanol–water partition coefficient (Wildman–Crippen LogP) is 3.31. The summed E-state index contributed by atoms with van der Waals surface area (Å²) < 4.78 is 41.5. The van der Waals surface area contributed by atoms with E-state index in [1.807, 2.05) is 0 Å². The number of hydrogen-bond acceptors (Lipinski definition) is 4. The number of carbonyl (C=O) groups excluding carboxylic acids is 1. The molecule has 1 atom stereocenters. The van der Waals surface area contributed by atoms with Gasteiger partial charge in [-0.05, 0) is 26.0 Å². The average molecular weight is 356 g/mol. The van der Waals surface area contributed by atoms with Gasteiger partial charge in [-0.3, -0.25) is 4.79 Å². The van der Waals surface area contributed by atoms with E-state index in [0.717, 1.165) is 23.9 Å². The van der Waals surface area contributed by atoms with E-state index in [-0.39, 0.29) is 0 Å². The lowest BCUT2D eigenvalue weighted by molar-refractivity contribution is -0.115. The van der Waals surface area contributed by atoms with Crippen molar-refractivity contribution < 1.29 is 18.0 Å². The van der Waals surface area contributed by atoms with Crippen molar-refractivity contribution in [1.29, 1.82) is 0 Å². The van der Waals surface area contributed by atoms with Crippen LogP contribution >= 0.6 is 11.8 Å². The number of thioether (sulfide) groups is 1. The minimum Gasteiger partial charge on any atom is -0.323 e. The van der Waals surface area contributed by atoms with Gasteiger partial charge >= 0.3 is 0 Å². The van der Waals surface area contributed by atoms with Crippen molar-refractivity contribution >= 4 is 23.4 Å². The lowest BCUT2D eigenvalue weighted by Gasteiger charge is -2.13. The van der Waals surface area contributed by atoms with Gasteiger partial charge in [0.15, 0.2) is 22.6 Å². The monoisotopic (exact) mass is 356 g/mol. The Morgan fingerprint density at radius 1 is 1.38 bits per heavy atom. The van der Waals surface area contributed by atoms with Gasteiger partial charge in [-0.25, -0.2) is 13.2 Å². The van der Waals surface area contributed by atoms with Gasteiger partial charge in [-0.15, -0.1) is 16.8 Å². The van der Waals surface area contributed by atoms with Gasteiger partial charge in [-0.1, -0.05) is 17.8 Å². The number of nitrogens with one attached hydrogen (secondary N) is 1. The highest BCUT2D eigenvalue weighted by Gasteiger charge is 2.21. The zero-order chi connectivity index (χ0) is 17.9. The molecule has 9 heteroatoms. The van der Waals surface area contributed by atoms with E-state index in [1.54, 1.807) is 24.5 Å². The quantitative estimate of drug-likeness (QED) is 0.490. The molecule has 1 amide bonds. The number of amides is 1. The number of nitrogens with zero attached hydrogens (tertiary/aromatic N) is 3. The second-order valence-electron chi connectivity index (χ2n) is 4.90. The number of rotatable bonds is 6. The molecule has 0 aliphatic carbocycles. The van der Waals surface area contributed by atoms with Gasteiger partial charge in [0.05, 0.1) is 10.9 Å². The normalized spacial score (nSPS) is 12.0. The lowest BCUT2D eigenvalue weighted by Crippen LogP contribution is -2.24. The molecular formula is C15H15F3N4OS. The Bertz CT molecular complexity index is 778. The van der Waals surface area contributed by atoms with Crippen molar-refractivity contribution in [3.63, 3.8) is 0 Å². The Labute approximate surface area is 141 Å². The van der Waals surface area contributed by atoms with Crippen LogP contribution in [0.5, 0.6) is 0 Å². The minimum atomic E-state index is -1.63. The van der Waals surface area contributed by atoms with Crippen molar-refractivity contribution in [3.8, 4) is 0 Å². The third-order valence-corrected chi connectivity index (χ3v) is 4.24. The van der Waals surface area contributed by atoms with Crippen LogP contribution in [0.4, 0.5) is 18.9 Å². The van der Waals surface area contributed by atoms with Gasteiger partial charge in [0, 0.05) is 6.54 Å². The van der Waals surface area contributed by atoms with Crippen molar-refractivity contribution in [2.75, 3.05) is 5.32 Å². The maximum Gasteiger partial charge on any atom is 0.237 e. The summed E-state index contributed by atoms with van der Waals surface area (Å²) in [7, 11) is 0. The summed E-state index contributed by atoms with van der Waals surface area (Å²) in [5.74, 6) is -4.30. The van der Waals surface area contributed by atoms with Crippen LogP contribution in [-0.4, -0.2) is 25.9 Å². The van der Waals surface area contributed by atoms with Crippen LogP contribution in [0, 0.1) is 24.4 Å². The Kier molecular flexibility index (Phi) is 5.66. The molecule has 5 nitrogen and oxygen atoms in total. The average Bonchev–Trinajstić information content (AvgIpc) is 2.89.